The molecule has 2 aromatic carbocycles. The van der Waals surface area contributed by atoms with E-state index in [9.17, 15) is 14.4 Å². The maximum Gasteiger partial charge on any atom is 0.419 e. The van der Waals surface area contributed by atoms with Crippen molar-refractivity contribution in [2.75, 3.05) is 13.7 Å². The molecule has 5 aliphatic rings. The van der Waals surface area contributed by atoms with Gasteiger partial charge in [0, 0.05) is 12.5 Å². The first-order valence-electron chi connectivity index (χ1n) is 21.6. The molecule has 7 rings (SSSR count). The van der Waals surface area contributed by atoms with E-state index in [1.807, 2.05) is 30.3 Å². The van der Waals surface area contributed by atoms with Crippen LogP contribution in [0.2, 0.25) is 0 Å². The zero-order valence-electron chi connectivity index (χ0n) is 35.5. The first-order valence-corrected chi connectivity index (χ1v) is 21.6. The molecular formula is C49H67NO6. The summed E-state index contributed by atoms with van der Waals surface area (Å²) in [6.45, 7) is 17.1. The van der Waals surface area contributed by atoms with E-state index in [0.29, 0.717) is 18.4 Å². The average molecular weight is 766 g/mol. The second kappa shape index (κ2) is 15.0. The maximum absolute atomic E-state index is 14.5. The third-order valence-corrected chi connectivity index (χ3v) is 16.9. The van der Waals surface area contributed by atoms with Crippen LogP contribution in [0.25, 0.3) is 0 Å². The Labute approximate surface area is 336 Å². The minimum atomic E-state index is -0.682. The third-order valence-electron chi connectivity index (χ3n) is 16.9. The zero-order valence-corrected chi connectivity index (χ0v) is 35.5. The highest BCUT2D eigenvalue weighted by atomic mass is 16.6. The van der Waals surface area contributed by atoms with E-state index >= 15 is 0 Å². The van der Waals surface area contributed by atoms with Crippen molar-refractivity contribution in [3.8, 4) is 0 Å². The number of imide groups is 1. The molecule has 0 aromatic heterocycles. The van der Waals surface area contributed by atoms with Gasteiger partial charge >= 0.3 is 18.2 Å². The summed E-state index contributed by atoms with van der Waals surface area (Å²) < 4.78 is 17.8. The molecule has 0 radical (unpaired) electrons. The Morgan fingerprint density at radius 3 is 2.09 bits per heavy atom. The van der Waals surface area contributed by atoms with Crippen molar-refractivity contribution in [1.82, 2.24) is 4.90 Å². The lowest BCUT2D eigenvalue weighted by molar-refractivity contribution is -0.212. The number of carbonyl (C=O) groups is 3. The third kappa shape index (κ3) is 6.71. The fraction of sp³-hybridized carbons (Fsp3) is 0.653. The lowest BCUT2D eigenvalue weighted by Crippen LogP contribution is -2.65. The second-order valence-electron chi connectivity index (χ2n) is 20.1. The van der Waals surface area contributed by atoms with E-state index in [4.69, 9.17) is 14.2 Å². The molecule has 0 N–H and O–H groups in total. The molecule has 7 heteroatoms. The van der Waals surface area contributed by atoms with Crippen LogP contribution in [-0.2, 0) is 32.0 Å². The van der Waals surface area contributed by atoms with E-state index in [1.54, 1.807) is 6.92 Å². The lowest BCUT2D eigenvalue weighted by Gasteiger charge is -2.71. The Kier molecular flexibility index (Phi) is 10.8. The van der Waals surface area contributed by atoms with Crippen LogP contribution in [0.4, 0.5) is 9.59 Å². The van der Waals surface area contributed by atoms with Crippen molar-refractivity contribution in [2.45, 2.75) is 138 Å². The summed E-state index contributed by atoms with van der Waals surface area (Å²) in [5, 5.41) is 0. The molecule has 4 saturated carbocycles. The Morgan fingerprint density at radius 1 is 0.750 bits per heavy atom. The maximum atomic E-state index is 14.5. The minimum absolute atomic E-state index is 0.00315. The van der Waals surface area contributed by atoms with Crippen LogP contribution in [0.15, 0.2) is 72.3 Å². The van der Waals surface area contributed by atoms with E-state index in [-0.39, 0.29) is 51.7 Å². The first kappa shape index (κ1) is 40.6. The van der Waals surface area contributed by atoms with Gasteiger partial charge in [-0.05, 0) is 135 Å². The van der Waals surface area contributed by atoms with Crippen LogP contribution in [0.1, 0.15) is 130 Å². The molecule has 2 aromatic rings. The Balaban J connectivity index is 1.20. The van der Waals surface area contributed by atoms with Crippen molar-refractivity contribution in [3.63, 3.8) is 0 Å². The lowest BCUT2D eigenvalue weighted by atomic mass is 9.33. The van der Waals surface area contributed by atoms with Gasteiger partial charge in [0.1, 0.15) is 12.7 Å². The summed E-state index contributed by atoms with van der Waals surface area (Å²) >= 11 is 0. The van der Waals surface area contributed by atoms with Crippen LogP contribution < -0.4 is 0 Å². The molecule has 0 saturated heterocycles. The minimum Gasteiger partial charge on any atom is -0.460 e. The molecule has 5 aliphatic carbocycles. The number of allylic oxidation sites excluding steroid dienone is 2. The largest absolute Gasteiger partial charge is 0.460 e. The van der Waals surface area contributed by atoms with Gasteiger partial charge in [-0.1, -0.05) is 114 Å². The monoisotopic (exact) mass is 765 g/mol. The average Bonchev–Trinajstić information content (AvgIpc) is 3.18. The van der Waals surface area contributed by atoms with Crippen molar-refractivity contribution in [3.05, 3.63) is 83.4 Å². The van der Waals surface area contributed by atoms with Gasteiger partial charge in [-0.2, -0.15) is 0 Å². The van der Waals surface area contributed by atoms with Gasteiger partial charge in [-0.25, -0.2) is 14.5 Å². The number of amides is 2. The number of esters is 1. The van der Waals surface area contributed by atoms with Crippen molar-refractivity contribution in [2.24, 2.45) is 50.2 Å². The van der Waals surface area contributed by atoms with Gasteiger partial charge in [0.05, 0.1) is 12.0 Å². The molecule has 1 unspecified atom stereocenters. The molecule has 7 nitrogen and oxygen atoms in total. The SMILES string of the molecule is CCOC(=O)N(C)C(=O)O[C@H]1CC[C@@]2(C)C(CC[C@]3(C)[C@@H]2CC=C2[C@H]4CC(C)(C)CC[C@]4(C(=O)OCc4ccccc4)CC[C@]23C)[C@@]1(C)CCc1ccccc1. The van der Waals surface area contributed by atoms with Crippen molar-refractivity contribution >= 4 is 18.2 Å². The number of carbonyl (C=O) groups excluding carboxylic acids is 3. The van der Waals surface area contributed by atoms with Crippen LogP contribution in [0.5, 0.6) is 0 Å². The highest BCUT2D eigenvalue weighted by molar-refractivity contribution is 5.87. The summed E-state index contributed by atoms with van der Waals surface area (Å²) in [6, 6.07) is 20.7. The highest BCUT2D eigenvalue weighted by Gasteiger charge is 2.70. The van der Waals surface area contributed by atoms with Gasteiger partial charge < -0.3 is 14.2 Å². The van der Waals surface area contributed by atoms with Gasteiger partial charge in [0.25, 0.3) is 0 Å². The molecule has 9 atom stereocenters. The number of benzene rings is 2. The van der Waals surface area contributed by atoms with E-state index < -0.39 is 17.6 Å². The number of nitrogens with zero attached hydrogens (tertiary/aromatic N) is 1. The highest BCUT2D eigenvalue weighted by Crippen LogP contribution is 2.76. The van der Waals surface area contributed by atoms with Gasteiger partial charge in [-0.3, -0.25) is 4.79 Å². The first-order chi connectivity index (χ1) is 26.5. The summed E-state index contributed by atoms with van der Waals surface area (Å²) in [6.07, 6.45) is 12.5. The molecule has 0 spiro atoms. The topological polar surface area (TPSA) is 82.1 Å². The zero-order chi connectivity index (χ0) is 40.1. The van der Waals surface area contributed by atoms with E-state index in [1.165, 1.54) is 18.2 Å². The molecule has 0 heterocycles. The number of hydrogen-bond donors (Lipinski definition) is 0. The smallest absolute Gasteiger partial charge is 0.419 e. The van der Waals surface area contributed by atoms with E-state index in [0.717, 1.165) is 87.5 Å². The quantitative estimate of drug-likeness (QED) is 0.151. The number of rotatable bonds is 8. The van der Waals surface area contributed by atoms with Gasteiger partial charge in [0.2, 0.25) is 0 Å². The predicted octanol–water partition coefficient (Wildman–Crippen LogP) is 11.7. The predicted molar refractivity (Wildman–Crippen MR) is 219 cm³/mol. The molecular weight excluding hydrogens is 699 g/mol. The molecule has 304 valence electrons. The summed E-state index contributed by atoms with van der Waals surface area (Å²) in [5.74, 6) is 0.966. The second-order valence-corrected chi connectivity index (χ2v) is 20.1. The van der Waals surface area contributed by atoms with Gasteiger partial charge in [-0.15, -0.1) is 0 Å². The van der Waals surface area contributed by atoms with Gasteiger partial charge in [0.15, 0.2) is 0 Å². The molecule has 4 fully saturated rings. The summed E-state index contributed by atoms with van der Waals surface area (Å²) in [5.41, 5.74) is 3.29. The molecule has 56 heavy (non-hydrogen) atoms. The standard InChI is InChI=1S/C49H67NO6/c1-9-54-42(52)50(8)43(53)56-40-24-26-45(4)38(46(40,5)25-22-34-16-12-10-13-17-34)23-27-48(7)39(45)21-20-36-37-32-44(2,3)28-30-49(37,31-29-47(36,48)6)41(51)55-33-35-18-14-11-15-19-35/h10-20,37-40H,9,21-33H2,1-8H3/t37-,38?,39-,40+,45+,46-,47-,48-,49+/m1/s1. The molecule has 0 bridgehead atoms. The van der Waals surface area contributed by atoms with Crippen LogP contribution in [0.3, 0.4) is 0 Å². The van der Waals surface area contributed by atoms with Crippen LogP contribution in [-0.4, -0.2) is 42.8 Å². The van der Waals surface area contributed by atoms with Crippen LogP contribution in [0, 0.1) is 50.2 Å². The number of hydrogen-bond acceptors (Lipinski definition) is 6. The molecule has 0 aliphatic heterocycles. The number of aryl methyl sites for hydroxylation is 1. The normalized spacial score (nSPS) is 37.0. The molecule has 2 amide bonds. The fourth-order valence-electron chi connectivity index (χ4n) is 13.4. The number of fused-ring (bicyclic) bond motifs is 7. The van der Waals surface area contributed by atoms with Crippen molar-refractivity contribution < 1.29 is 28.6 Å². The Hall–Kier alpha value is -3.61. The Bertz CT molecular complexity index is 1810. The summed E-state index contributed by atoms with van der Waals surface area (Å²) in [7, 11) is 1.45. The number of ether oxygens (including phenoxy) is 3. The van der Waals surface area contributed by atoms with Crippen molar-refractivity contribution in [1.29, 1.82) is 0 Å². The van der Waals surface area contributed by atoms with E-state index in [2.05, 4.69) is 78.0 Å². The fourth-order valence-corrected chi connectivity index (χ4v) is 13.4. The van der Waals surface area contributed by atoms with Crippen LogP contribution >= 0.6 is 0 Å². The summed E-state index contributed by atoms with van der Waals surface area (Å²) in [4.78, 5) is 41.5. The Morgan fingerprint density at radius 2 is 1.41 bits per heavy atom.